The molecule has 0 saturated carbocycles. The van der Waals surface area contributed by atoms with Crippen LogP contribution >= 0.6 is 23.2 Å². The summed E-state index contributed by atoms with van der Waals surface area (Å²) >= 11 is 12.3. The van der Waals surface area contributed by atoms with Gasteiger partial charge >= 0.3 is 0 Å². The number of nitrogens with one attached hydrogen (secondary N) is 2. The molecule has 2 aromatic carbocycles. The fourth-order valence-electron chi connectivity index (χ4n) is 1.99. The molecule has 0 aliphatic heterocycles. The van der Waals surface area contributed by atoms with Crippen LogP contribution in [0.1, 0.15) is 0 Å². The van der Waals surface area contributed by atoms with Crippen molar-refractivity contribution in [1.82, 2.24) is 15.2 Å². The van der Waals surface area contributed by atoms with Crippen LogP contribution in [-0.2, 0) is 0 Å². The van der Waals surface area contributed by atoms with Crippen molar-refractivity contribution < 1.29 is 4.74 Å². The minimum atomic E-state index is 0.276. The van der Waals surface area contributed by atoms with Crippen molar-refractivity contribution in [1.29, 1.82) is 0 Å². The van der Waals surface area contributed by atoms with E-state index in [1.807, 2.05) is 24.3 Å². The molecule has 0 fully saturated rings. The molecule has 3 rings (SSSR count). The van der Waals surface area contributed by atoms with Crippen molar-refractivity contribution >= 4 is 46.3 Å². The molecule has 0 saturated heterocycles. The van der Waals surface area contributed by atoms with Gasteiger partial charge in [-0.3, -0.25) is 0 Å². The normalized spacial score (nSPS) is 10.3. The Hall–Kier alpha value is -2.57. The lowest BCUT2D eigenvalue weighted by molar-refractivity contribution is 0.415. The standard InChI is InChI=1S/C16H13Cl2N5O/c1-24-11-5-2-4-10(8-11)20-14-9-19-23-16(21-14)22-15-12(17)6-3-7-13(15)18/h2-9H,1H3,(H2,20,21,22,23). The molecule has 122 valence electrons. The number of nitrogens with zero attached hydrogens (tertiary/aromatic N) is 3. The number of halogens is 2. The Kier molecular flexibility index (Phi) is 4.98. The van der Waals surface area contributed by atoms with Crippen molar-refractivity contribution in [3.8, 4) is 5.75 Å². The molecule has 0 atom stereocenters. The van der Waals surface area contributed by atoms with Gasteiger partial charge in [0.15, 0.2) is 5.82 Å². The number of hydrogen-bond donors (Lipinski definition) is 2. The number of methoxy groups -OCH3 is 1. The maximum absolute atomic E-state index is 6.13. The summed E-state index contributed by atoms with van der Waals surface area (Å²) in [7, 11) is 1.61. The highest BCUT2D eigenvalue weighted by atomic mass is 35.5. The van der Waals surface area contributed by atoms with Crippen LogP contribution < -0.4 is 15.4 Å². The SMILES string of the molecule is COc1cccc(Nc2cnnc(Nc3c(Cl)cccc3Cl)n2)c1. The maximum atomic E-state index is 6.13. The molecule has 0 bridgehead atoms. The van der Waals surface area contributed by atoms with Crippen molar-refractivity contribution in [3.63, 3.8) is 0 Å². The summed E-state index contributed by atoms with van der Waals surface area (Å²) < 4.78 is 5.19. The fourth-order valence-corrected chi connectivity index (χ4v) is 2.49. The van der Waals surface area contributed by atoms with Gasteiger partial charge in [-0.2, -0.15) is 10.1 Å². The lowest BCUT2D eigenvalue weighted by atomic mass is 10.3. The Morgan fingerprint density at radius 1 is 1.00 bits per heavy atom. The molecule has 6 nitrogen and oxygen atoms in total. The van der Waals surface area contributed by atoms with Crippen LogP contribution in [-0.4, -0.2) is 22.3 Å². The van der Waals surface area contributed by atoms with E-state index in [-0.39, 0.29) is 5.95 Å². The average Bonchev–Trinajstić information content (AvgIpc) is 2.59. The van der Waals surface area contributed by atoms with Gasteiger partial charge in [0.1, 0.15) is 5.75 Å². The van der Waals surface area contributed by atoms with E-state index in [4.69, 9.17) is 27.9 Å². The summed E-state index contributed by atoms with van der Waals surface area (Å²) in [4.78, 5) is 4.35. The molecule has 0 aliphatic carbocycles. The lowest BCUT2D eigenvalue weighted by Gasteiger charge is -2.10. The van der Waals surface area contributed by atoms with Crippen LogP contribution in [0.2, 0.25) is 10.0 Å². The second kappa shape index (κ2) is 7.33. The van der Waals surface area contributed by atoms with Gasteiger partial charge in [-0.25, -0.2) is 0 Å². The number of para-hydroxylation sites is 1. The van der Waals surface area contributed by atoms with Crippen LogP contribution in [0.15, 0.2) is 48.7 Å². The van der Waals surface area contributed by atoms with Crippen LogP contribution in [0.3, 0.4) is 0 Å². The minimum absolute atomic E-state index is 0.276. The van der Waals surface area contributed by atoms with E-state index in [2.05, 4.69) is 25.8 Å². The Labute approximate surface area is 148 Å². The Bertz CT molecular complexity index is 839. The van der Waals surface area contributed by atoms with E-state index >= 15 is 0 Å². The predicted molar refractivity (Wildman–Crippen MR) is 95.8 cm³/mol. The zero-order valence-corrected chi connectivity index (χ0v) is 14.1. The molecule has 2 N–H and O–H groups in total. The third-order valence-corrected chi connectivity index (χ3v) is 3.73. The molecule has 0 aliphatic rings. The highest BCUT2D eigenvalue weighted by molar-refractivity contribution is 6.39. The number of aromatic nitrogens is 3. The van der Waals surface area contributed by atoms with Gasteiger partial charge in [0.05, 0.1) is 29.0 Å². The van der Waals surface area contributed by atoms with Crippen LogP contribution in [0.4, 0.5) is 23.1 Å². The lowest BCUT2D eigenvalue weighted by Crippen LogP contribution is -2.03. The summed E-state index contributed by atoms with van der Waals surface area (Å²) in [5.41, 5.74) is 1.35. The monoisotopic (exact) mass is 361 g/mol. The van der Waals surface area contributed by atoms with E-state index in [1.165, 1.54) is 6.20 Å². The summed E-state index contributed by atoms with van der Waals surface area (Å²) in [5, 5.41) is 14.9. The van der Waals surface area contributed by atoms with Gasteiger partial charge in [0.2, 0.25) is 5.95 Å². The molecule has 8 heteroatoms. The third-order valence-electron chi connectivity index (χ3n) is 3.10. The quantitative estimate of drug-likeness (QED) is 0.687. The molecule has 0 amide bonds. The summed E-state index contributed by atoms with van der Waals surface area (Å²) in [6.07, 6.45) is 1.51. The van der Waals surface area contributed by atoms with E-state index in [0.717, 1.165) is 11.4 Å². The highest BCUT2D eigenvalue weighted by Crippen LogP contribution is 2.31. The van der Waals surface area contributed by atoms with Gasteiger partial charge in [-0.15, -0.1) is 5.10 Å². The minimum Gasteiger partial charge on any atom is -0.497 e. The summed E-state index contributed by atoms with van der Waals surface area (Å²) in [6.45, 7) is 0. The molecule has 1 aromatic heterocycles. The number of hydrogen-bond acceptors (Lipinski definition) is 6. The van der Waals surface area contributed by atoms with E-state index < -0.39 is 0 Å². The van der Waals surface area contributed by atoms with Crippen molar-refractivity contribution in [2.24, 2.45) is 0 Å². The first-order valence-electron chi connectivity index (χ1n) is 6.97. The first kappa shape index (κ1) is 16.3. The largest absolute Gasteiger partial charge is 0.497 e. The molecule has 3 aromatic rings. The Morgan fingerprint density at radius 3 is 2.50 bits per heavy atom. The van der Waals surface area contributed by atoms with Crippen LogP contribution in [0, 0.1) is 0 Å². The second-order valence-electron chi connectivity index (χ2n) is 4.74. The predicted octanol–water partition coefficient (Wildman–Crippen LogP) is 4.67. The Morgan fingerprint density at radius 2 is 1.75 bits per heavy atom. The average molecular weight is 362 g/mol. The first-order valence-corrected chi connectivity index (χ1v) is 7.73. The van der Waals surface area contributed by atoms with Gasteiger partial charge in [-0.05, 0) is 24.3 Å². The topological polar surface area (TPSA) is 72.0 Å². The van der Waals surface area contributed by atoms with Gasteiger partial charge in [-0.1, -0.05) is 35.3 Å². The molecule has 24 heavy (non-hydrogen) atoms. The van der Waals surface area contributed by atoms with Gasteiger partial charge in [0.25, 0.3) is 0 Å². The number of anilines is 4. The third kappa shape index (κ3) is 3.84. The van der Waals surface area contributed by atoms with Gasteiger partial charge in [0, 0.05) is 11.8 Å². The van der Waals surface area contributed by atoms with Crippen LogP contribution in [0.25, 0.3) is 0 Å². The van der Waals surface area contributed by atoms with Crippen molar-refractivity contribution in [2.75, 3.05) is 17.7 Å². The number of benzene rings is 2. The van der Waals surface area contributed by atoms with Crippen molar-refractivity contribution in [2.45, 2.75) is 0 Å². The zero-order valence-electron chi connectivity index (χ0n) is 12.6. The molecule has 0 spiro atoms. The van der Waals surface area contributed by atoms with Gasteiger partial charge < -0.3 is 15.4 Å². The van der Waals surface area contributed by atoms with E-state index in [1.54, 1.807) is 25.3 Å². The zero-order chi connectivity index (χ0) is 16.9. The molecular weight excluding hydrogens is 349 g/mol. The molecular formula is C16H13Cl2N5O. The molecule has 0 unspecified atom stereocenters. The second-order valence-corrected chi connectivity index (χ2v) is 5.56. The molecule has 0 radical (unpaired) electrons. The van der Waals surface area contributed by atoms with Crippen molar-refractivity contribution in [3.05, 3.63) is 58.7 Å². The highest BCUT2D eigenvalue weighted by Gasteiger charge is 2.08. The van der Waals surface area contributed by atoms with E-state index in [9.17, 15) is 0 Å². The summed E-state index contributed by atoms with van der Waals surface area (Å²) in [5.74, 6) is 1.53. The number of rotatable bonds is 5. The smallest absolute Gasteiger partial charge is 0.249 e. The Balaban J connectivity index is 1.81. The fraction of sp³-hybridized carbons (Fsp3) is 0.0625. The number of ether oxygens (including phenoxy) is 1. The summed E-state index contributed by atoms with van der Waals surface area (Å²) in [6, 6.07) is 12.7. The molecule has 1 heterocycles. The maximum Gasteiger partial charge on any atom is 0.249 e. The van der Waals surface area contributed by atoms with E-state index in [0.29, 0.717) is 21.6 Å². The first-order chi connectivity index (χ1) is 11.7. The van der Waals surface area contributed by atoms with Crippen LogP contribution in [0.5, 0.6) is 5.75 Å².